The normalized spacial score (nSPS) is 18.8. The first-order valence-electron chi connectivity index (χ1n) is 9.13. The number of hydrogen-bond donors (Lipinski definition) is 1. The van der Waals surface area contributed by atoms with Gasteiger partial charge in [-0.2, -0.15) is 9.97 Å². The molecule has 1 atom stereocenters. The molecular formula is C19H28N4O3. The zero-order chi connectivity index (χ0) is 18.5. The summed E-state index contributed by atoms with van der Waals surface area (Å²) < 4.78 is 17.0. The van der Waals surface area contributed by atoms with Gasteiger partial charge >= 0.3 is 6.01 Å². The maximum Gasteiger partial charge on any atom is 0.318 e. The molecule has 0 radical (unpaired) electrons. The monoisotopic (exact) mass is 360 g/mol. The highest BCUT2D eigenvalue weighted by Crippen LogP contribution is 2.25. The maximum absolute atomic E-state index is 6.01. The molecule has 2 heterocycles. The molecule has 3 rings (SSSR count). The number of nitrogens with two attached hydrogens (primary N) is 1. The van der Waals surface area contributed by atoms with Crippen molar-refractivity contribution in [3.05, 3.63) is 18.2 Å². The van der Waals surface area contributed by atoms with Crippen LogP contribution in [0.15, 0.2) is 18.2 Å². The number of ether oxygens (including phenoxy) is 3. The Labute approximate surface area is 154 Å². The zero-order valence-electron chi connectivity index (χ0n) is 15.8. The summed E-state index contributed by atoms with van der Waals surface area (Å²) in [4.78, 5) is 10.9. The zero-order valence-corrected chi connectivity index (χ0v) is 15.8. The summed E-state index contributed by atoms with van der Waals surface area (Å²) in [6.07, 6.45) is 1.13. The van der Waals surface area contributed by atoms with E-state index in [1.807, 2.05) is 18.2 Å². The molecule has 142 valence electrons. The molecule has 0 amide bonds. The number of methoxy groups -OCH3 is 1. The molecule has 7 nitrogen and oxygen atoms in total. The molecule has 0 saturated carbocycles. The van der Waals surface area contributed by atoms with Crippen molar-refractivity contribution in [1.29, 1.82) is 0 Å². The topological polar surface area (TPSA) is 82.7 Å². The predicted molar refractivity (Wildman–Crippen MR) is 102 cm³/mol. The van der Waals surface area contributed by atoms with E-state index in [1.165, 1.54) is 7.11 Å². The van der Waals surface area contributed by atoms with Gasteiger partial charge in [0.1, 0.15) is 24.3 Å². The number of anilines is 1. The second-order valence-corrected chi connectivity index (χ2v) is 7.09. The van der Waals surface area contributed by atoms with Crippen molar-refractivity contribution < 1.29 is 14.2 Å². The van der Waals surface area contributed by atoms with Gasteiger partial charge in [0.05, 0.1) is 12.6 Å². The van der Waals surface area contributed by atoms with E-state index in [9.17, 15) is 0 Å². The van der Waals surface area contributed by atoms with E-state index in [1.54, 1.807) is 0 Å². The minimum Gasteiger partial charge on any atom is -0.491 e. The Balaban J connectivity index is 1.66. The Bertz CT molecular complexity index is 738. The van der Waals surface area contributed by atoms with Crippen molar-refractivity contribution in [3.8, 4) is 11.8 Å². The number of benzene rings is 1. The molecule has 1 saturated heterocycles. The van der Waals surface area contributed by atoms with Gasteiger partial charge in [-0.05, 0) is 30.5 Å². The fourth-order valence-corrected chi connectivity index (χ4v) is 3.23. The minimum absolute atomic E-state index is 0.0661. The Kier molecular flexibility index (Phi) is 6.11. The lowest BCUT2D eigenvalue weighted by molar-refractivity contribution is 0.0199. The molecular weight excluding hydrogens is 332 g/mol. The van der Waals surface area contributed by atoms with Gasteiger partial charge in [-0.3, -0.25) is 0 Å². The van der Waals surface area contributed by atoms with Gasteiger partial charge in [0, 0.05) is 31.6 Å². The minimum atomic E-state index is 0.0661. The van der Waals surface area contributed by atoms with Crippen molar-refractivity contribution in [2.45, 2.75) is 26.4 Å². The van der Waals surface area contributed by atoms with Crippen LogP contribution in [-0.2, 0) is 4.74 Å². The molecule has 2 N–H and O–H groups in total. The number of fused-ring (bicyclic) bond motifs is 1. The number of hydrogen-bond acceptors (Lipinski definition) is 7. The molecule has 26 heavy (non-hydrogen) atoms. The van der Waals surface area contributed by atoms with Crippen LogP contribution in [0.4, 0.5) is 5.82 Å². The summed E-state index contributed by atoms with van der Waals surface area (Å²) in [5.74, 6) is 1.77. The standard InChI is InChI=1S/C19H28N4O3/c1-13(2)10-23-7-4-8-25-15(11-23)12-26-14-5-6-17-16(9-14)18(20)22-19(21-17)24-3/h5-6,9,13,15H,4,7-8,10-12H2,1-3H3,(H2,20,21,22). The first-order valence-corrected chi connectivity index (χ1v) is 9.13. The van der Waals surface area contributed by atoms with Gasteiger partial charge in [-0.15, -0.1) is 0 Å². The summed E-state index contributed by atoms with van der Waals surface area (Å²) in [5.41, 5.74) is 6.74. The SMILES string of the molecule is COc1nc(N)c2cc(OCC3CN(CC(C)C)CCCO3)ccc2n1. The van der Waals surface area contributed by atoms with E-state index in [0.717, 1.165) is 49.3 Å². The van der Waals surface area contributed by atoms with Crippen LogP contribution >= 0.6 is 0 Å². The van der Waals surface area contributed by atoms with E-state index >= 15 is 0 Å². The van der Waals surface area contributed by atoms with Gasteiger partial charge in [0.15, 0.2) is 0 Å². The summed E-state index contributed by atoms with van der Waals surface area (Å²) >= 11 is 0. The lowest BCUT2D eigenvalue weighted by atomic mass is 10.2. The van der Waals surface area contributed by atoms with Crippen molar-refractivity contribution in [1.82, 2.24) is 14.9 Å². The van der Waals surface area contributed by atoms with Crippen LogP contribution in [-0.4, -0.2) is 60.9 Å². The average molecular weight is 360 g/mol. The van der Waals surface area contributed by atoms with Gasteiger partial charge in [-0.25, -0.2) is 0 Å². The number of rotatable bonds is 6. The second kappa shape index (κ2) is 8.51. The maximum atomic E-state index is 6.01. The molecule has 1 aliphatic rings. The Morgan fingerprint density at radius 2 is 2.19 bits per heavy atom. The first-order chi connectivity index (χ1) is 12.5. The summed E-state index contributed by atoms with van der Waals surface area (Å²) in [6.45, 7) is 8.85. The van der Waals surface area contributed by atoms with Crippen LogP contribution in [0.25, 0.3) is 10.9 Å². The third kappa shape index (κ3) is 4.74. The highest BCUT2D eigenvalue weighted by Gasteiger charge is 2.20. The van der Waals surface area contributed by atoms with Crippen LogP contribution in [0.2, 0.25) is 0 Å². The molecule has 1 aliphatic heterocycles. The first kappa shape index (κ1) is 18.7. The molecule has 1 fully saturated rings. The fraction of sp³-hybridized carbons (Fsp3) is 0.579. The van der Waals surface area contributed by atoms with Crippen molar-refractivity contribution in [3.63, 3.8) is 0 Å². The van der Waals surface area contributed by atoms with Crippen LogP contribution in [0, 0.1) is 5.92 Å². The van der Waals surface area contributed by atoms with E-state index in [-0.39, 0.29) is 12.1 Å². The molecule has 0 spiro atoms. The summed E-state index contributed by atoms with van der Waals surface area (Å²) in [7, 11) is 1.52. The number of nitrogen functional groups attached to an aromatic ring is 1. The Morgan fingerprint density at radius 3 is 2.96 bits per heavy atom. The second-order valence-electron chi connectivity index (χ2n) is 7.09. The molecule has 0 aliphatic carbocycles. The fourth-order valence-electron chi connectivity index (χ4n) is 3.23. The van der Waals surface area contributed by atoms with Crippen LogP contribution in [0.5, 0.6) is 11.8 Å². The smallest absolute Gasteiger partial charge is 0.318 e. The highest BCUT2D eigenvalue weighted by molar-refractivity contribution is 5.89. The third-order valence-corrected chi connectivity index (χ3v) is 4.35. The molecule has 1 aromatic heterocycles. The van der Waals surface area contributed by atoms with Crippen molar-refractivity contribution >= 4 is 16.7 Å². The largest absolute Gasteiger partial charge is 0.491 e. The average Bonchev–Trinajstić information content (AvgIpc) is 2.84. The van der Waals surface area contributed by atoms with Crippen molar-refractivity contribution in [2.24, 2.45) is 5.92 Å². The van der Waals surface area contributed by atoms with Crippen LogP contribution in [0.3, 0.4) is 0 Å². The van der Waals surface area contributed by atoms with Gasteiger partial charge in [0.25, 0.3) is 0 Å². The van der Waals surface area contributed by atoms with Crippen LogP contribution < -0.4 is 15.2 Å². The molecule has 2 aromatic rings. The Hall–Kier alpha value is -2.12. The van der Waals surface area contributed by atoms with E-state index in [2.05, 4.69) is 28.7 Å². The van der Waals surface area contributed by atoms with E-state index in [0.29, 0.717) is 18.3 Å². The lowest BCUT2D eigenvalue weighted by Gasteiger charge is -2.25. The third-order valence-electron chi connectivity index (χ3n) is 4.35. The van der Waals surface area contributed by atoms with E-state index < -0.39 is 0 Å². The summed E-state index contributed by atoms with van der Waals surface area (Å²) in [5, 5.41) is 0.756. The Morgan fingerprint density at radius 1 is 1.35 bits per heavy atom. The van der Waals surface area contributed by atoms with Gasteiger partial charge in [-0.1, -0.05) is 13.8 Å². The lowest BCUT2D eigenvalue weighted by Crippen LogP contribution is -2.37. The number of aromatic nitrogens is 2. The predicted octanol–water partition coefficient (Wildman–Crippen LogP) is 2.35. The summed E-state index contributed by atoms with van der Waals surface area (Å²) in [6, 6.07) is 5.88. The van der Waals surface area contributed by atoms with Crippen LogP contribution in [0.1, 0.15) is 20.3 Å². The highest BCUT2D eigenvalue weighted by atomic mass is 16.5. The van der Waals surface area contributed by atoms with Crippen molar-refractivity contribution in [2.75, 3.05) is 45.7 Å². The number of nitrogens with zero attached hydrogens (tertiary/aromatic N) is 3. The molecule has 0 bridgehead atoms. The quantitative estimate of drug-likeness (QED) is 0.846. The van der Waals surface area contributed by atoms with Gasteiger partial charge < -0.3 is 24.8 Å². The molecule has 7 heteroatoms. The molecule has 1 aromatic carbocycles. The van der Waals surface area contributed by atoms with Gasteiger partial charge in [0.2, 0.25) is 0 Å². The molecule has 1 unspecified atom stereocenters. The van der Waals surface area contributed by atoms with E-state index in [4.69, 9.17) is 19.9 Å².